The van der Waals surface area contributed by atoms with Crippen molar-refractivity contribution in [3.63, 3.8) is 0 Å². The molecule has 0 saturated carbocycles. The van der Waals surface area contributed by atoms with Gasteiger partial charge in [-0.15, -0.1) is 0 Å². The molecular formula is C16H19N5O3S. The first-order valence-electron chi connectivity index (χ1n) is 7.85. The molecule has 2 heterocycles. The quantitative estimate of drug-likeness (QED) is 0.720. The fraction of sp³-hybridized carbons (Fsp3) is 0.312. The number of rotatable bonds is 6. The molecule has 0 radical (unpaired) electrons. The zero-order valence-corrected chi connectivity index (χ0v) is 15.0. The third kappa shape index (κ3) is 3.33. The molecule has 1 aromatic carbocycles. The van der Waals surface area contributed by atoms with Crippen LogP contribution in [0.5, 0.6) is 0 Å². The fourth-order valence-corrected chi connectivity index (χ4v) is 3.18. The predicted molar refractivity (Wildman–Crippen MR) is 91.4 cm³/mol. The van der Waals surface area contributed by atoms with E-state index in [4.69, 9.17) is 4.52 Å². The molecule has 3 aromatic rings. The van der Waals surface area contributed by atoms with Gasteiger partial charge in [-0.05, 0) is 38.2 Å². The van der Waals surface area contributed by atoms with Crippen molar-refractivity contribution in [2.24, 2.45) is 0 Å². The molecule has 0 aliphatic carbocycles. The molecule has 0 aliphatic heterocycles. The number of nitrogens with zero attached hydrogens (tertiary/aromatic N) is 4. The first-order chi connectivity index (χ1) is 12.0. The lowest BCUT2D eigenvalue weighted by Gasteiger charge is -2.13. The van der Waals surface area contributed by atoms with E-state index >= 15 is 0 Å². The topological polar surface area (TPSA) is 103 Å². The Kier molecular flexibility index (Phi) is 4.69. The van der Waals surface area contributed by atoms with Crippen molar-refractivity contribution < 1.29 is 12.9 Å². The van der Waals surface area contributed by atoms with Gasteiger partial charge >= 0.3 is 0 Å². The van der Waals surface area contributed by atoms with Crippen molar-refractivity contribution in [1.29, 1.82) is 0 Å². The maximum absolute atomic E-state index is 11.8. The third-order valence-corrected chi connectivity index (χ3v) is 5.37. The summed E-state index contributed by atoms with van der Waals surface area (Å²) in [4.78, 5) is 8.95. The number of aryl methyl sites for hydroxylation is 1. The molecule has 0 bridgehead atoms. The van der Waals surface area contributed by atoms with Gasteiger partial charge < -0.3 is 9.09 Å². The van der Waals surface area contributed by atoms with E-state index in [-0.39, 0.29) is 10.9 Å². The monoisotopic (exact) mass is 361 g/mol. The summed E-state index contributed by atoms with van der Waals surface area (Å²) in [5, 5.41) is 3.92. The highest BCUT2D eigenvalue weighted by molar-refractivity contribution is 7.89. The van der Waals surface area contributed by atoms with E-state index in [1.807, 2.05) is 24.6 Å². The molecule has 1 N–H and O–H groups in total. The smallest absolute Gasteiger partial charge is 0.249 e. The minimum absolute atomic E-state index is 0.189. The molecule has 3 rings (SSSR count). The molecule has 0 unspecified atom stereocenters. The lowest BCUT2D eigenvalue weighted by molar-refractivity contribution is 0.343. The Hall–Kier alpha value is -2.52. The standard InChI is InChI=1S/C16H19N5O3S/c1-4-14-19-16(24-20-14)11(2)21-10-9-18-15(21)12-5-7-13(8-6-12)25(22,23)17-3/h5-11,17H,4H2,1-3H3/t11-/m0/s1. The van der Waals surface area contributed by atoms with E-state index in [9.17, 15) is 8.42 Å². The number of hydrogen-bond donors (Lipinski definition) is 1. The second kappa shape index (κ2) is 6.77. The Balaban J connectivity index is 1.93. The Morgan fingerprint density at radius 1 is 1.28 bits per heavy atom. The summed E-state index contributed by atoms with van der Waals surface area (Å²) < 4.78 is 33.2. The normalized spacial score (nSPS) is 13.1. The summed E-state index contributed by atoms with van der Waals surface area (Å²) >= 11 is 0. The third-order valence-electron chi connectivity index (χ3n) is 3.93. The summed E-state index contributed by atoms with van der Waals surface area (Å²) in [6.07, 6.45) is 4.21. The van der Waals surface area contributed by atoms with E-state index in [0.29, 0.717) is 24.0 Å². The van der Waals surface area contributed by atoms with E-state index in [1.165, 1.54) is 7.05 Å². The zero-order valence-electron chi connectivity index (χ0n) is 14.2. The van der Waals surface area contributed by atoms with Crippen LogP contribution < -0.4 is 4.72 Å². The van der Waals surface area contributed by atoms with Crippen LogP contribution in [0, 0.1) is 0 Å². The Labute approximate surface area is 146 Å². The van der Waals surface area contributed by atoms with Crippen molar-refractivity contribution in [2.75, 3.05) is 7.05 Å². The highest BCUT2D eigenvalue weighted by Crippen LogP contribution is 2.25. The number of benzene rings is 1. The molecule has 0 aliphatic rings. The largest absolute Gasteiger partial charge is 0.337 e. The van der Waals surface area contributed by atoms with E-state index < -0.39 is 10.0 Å². The van der Waals surface area contributed by atoms with Crippen molar-refractivity contribution in [3.8, 4) is 11.4 Å². The van der Waals surface area contributed by atoms with Crippen molar-refractivity contribution in [1.82, 2.24) is 24.4 Å². The second-order valence-corrected chi connectivity index (χ2v) is 7.35. The maximum atomic E-state index is 11.8. The van der Waals surface area contributed by atoms with Crippen LogP contribution >= 0.6 is 0 Å². The van der Waals surface area contributed by atoms with E-state index in [1.54, 1.807) is 30.5 Å². The minimum atomic E-state index is -3.46. The molecule has 25 heavy (non-hydrogen) atoms. The second-order valence-electron chi connectivity index (χ2n) is 5.47. The summed E-state index contributed by atoms with van der Waals surface area (Å²) in [5.41, 5.74) is 0.794. The highest BCUT2D eigenvalue weighted by atomic mass is 32.2. The van der Waals surface area contributed by atoms with Crippen molar-refractivity contribution >= 4 is 10.0 Å². The van der Waals surface area contributed by atoms with Gasteiger partial charge in [0.1, 0.15) is 11.9 Å². The number of imidazole rings is 1. The number of nitrogens with one attached hydrogen (secondary N) is 1. The predicted octanol–water partition coefficient (Wildman–Crippen LogP) is 2.01. The van der Waals surface area contributed by atoms with Crippen molar-refractivity contribution in [2.45, 2.75) is 31.2 Å². The van der Waals surface area contributed by atoms with Gasteiger partial charge in [-0.3, -0.25) is 0 Å². The average Bonchev–Trinajstić information content (AvgIpc) is 3.30. The Morgan fingerprint density at radius 3 is 2.60 bits per heavy atom. The first-order valence-corrected chi connectivity index (χ1v) is 9.34. The maximum Gasteiger partial charge on any atom is 0.249 e. The van der Waals surface area contributed by atoms with Gasteiger partial charge in [-0.25, -0.2) is 18.1 Å². The van der Waals surface area contributed by atoms with Crippen LogP contribution in [0.1, 0.15) is 31.6 Å². The molecule has 1 atom stereocenters. The lowest BCUT2D eigenvalue weighted by atomic mass is 10.2. The summed E-state index contributed by atoms with van der Waals surface area (Å²) in [6.45, 7) is 3.90. The van der Waals surface area contributed by atoms with Gasteiger partial charge in [0.25, 0.3) is 0 Å². The summed E-state index contributed by atoms with van der Waals surface area (Å²) in [5.74, 6) is 1.85. The van der Waals surface area contributed by atoms with Crippen LogP contribution in [0.4, 0.5) is 0 Å². The molecule has 0 spiro atoms. The van der Waals surface area contributed by atoms with Gasteiger partial charge in [0.2, 0.25) is 15.9 Å². The molecule has 132 valence electrons. The SMILES string of the molecule is CCc1noc([C@H](C)n2ccnc2-c2ccc(S(=O)(=O)NC)cc2)n1. The molecule has 9 heteroatoms. The zero-order chi connectivity index (χ0) is 18.0. The van der Waals surface area contributed by atoms with Gasteiger partial charge in [0.15, 0.2) is 5.82 Å². The Bertz CT molecular complexity index is 960. The van der Waals surface area contributed by atoms with Gasteiger partial charge in [0.05, 0.1) is 4.90 Å². The number of hydrogen-bond acceptors (Lipinski definition) is 6. The summed E-state index contributed by atoms with van der Waals surface area (Å²) in [6, 6.07) is 6.35. The molecule has 0 fully saturated rings. The number of sulfonamides is 1. The number of aromatic nitrogens is 4. The lowest BCUT2D eigenvalue weighted by Crippen LogP contribution is -2.18. The molecule has 8 nitrogen and oxygen atoms in total. The molecule has 0 saturated heterocycles. The molecular weight excluding hydrogens is 342 g/mol. The van der Waals surface area contributed by atoms with Gasteiger partial charge in [-0.2, -0.15) is 4.98 Å². The Morgan fingerprint density at radius 2 is 2.00 bits per heavy atom. The van der Waals surface area contributed by atoms with Crippen LogP contribution in [-0.4, -0.2) is 35.2 Å². The minimum Gasteiger partial charge on any atom is -0.337 e. The van der Waals surface area contributed by atoms with E-state index in [0.717, 1.165) is 5.56 Å². The molecule has 2 aromatic heterocycles. The van der Waals surface area contributed by atoms with Crippen LogP contribution in [0.15, 0.2) is 46.1 Å². The van der Waals surface area contributed by atoms with Crippen molar-refractivity contribution in [3.05, 3.63) is 48.4 Å². The fourth-order valence-electron chi connectivity index (χ4n) is 2.45. The first kappa shape index (κ1) is 17.3. The van der Waals surface area contributed by atoms with Gasteiger partial charge in [-0.1, -0.05) is 12.1 Å². The van der Waals surface area contributed by atoms with Crippen LogP contribution in [0.25, 0.3) is 11.4 Å². The van der Waals surface area contributed by atoms with E-state index in [2.05, 4.69) is 19.8 Å². The molecule has 0 amide bonds. The highest BCUT2D eigenvalue weighted by Gasteiger charge is 2.19. The van der Waals surface area contributed by atoms with Gasteiger partial charge in [0, 0.05) is 24.4 Å². The summed E-state index contributed by atoms with van der Waals surface area (Å²) in [7, 11) is -2.08. The van der Waals surface area contributed by atoms with Crippen LogP contribution in [-0.2, 0) is 16.4 Å². The average molecular weight is 361 g/mol. The van der Waals surface area contributed by atoms with Crippen LogP contribution in [0.2, 0.25) is 0 Å². The van der Waals surface area contributed by atoms with Crippen LogP contribution in [0.3, 0.4) is 0 Å².